The lowest BCUT2D eigenvalue weighted by Gasteiger charge is -2.12. The number of ether oxygens (including phenoxy) is 3. The molecule has 0 spiro atoms. The van der Waals surface area contributed by atoms with Crippen molar-refractivity contribution < 1.29 is 18.6 Å². The molecular weight excluding hydrogens is 332 g/mol. The first-order valence-corrected chi connectivity index (χ1v) is 8.03. The van der Waals surface area contributed by atoms with Gasteiger partial charge in [-0.05, 0) is 42.8 Å². The number of benzene rings is 2. The van der Waals surface area contributed by atoms with E-state index < -0.39 is 0 Å². The van der Waals surface area contributed by atoms with E-state index in [2.05, 4.69) is 10.2 Å². The van der Waals surface area contributed by atoms with Crippen LogP contribution in [0.25, 0.3) is 23.6 Å². The van der Waals surface area contributed by atoms with Crippen molar-refractivity contribution in [1.29, 1.82) is 0 Å². The first-order chi connectivity index (χ1) is 12.6. The van der Waals surface area contributed by atoms with Crippen LogP contribution in [0.15, 0.2) is 40.8 Å². The normalized spacial score (nSPS) is 10.9. The lowest BCUT2D eigenvalue weighted by atomic mass is 10.1. The monoisotopic (exact) mass is 352 g/mol. The van der Waals surface area contributed by atoms with Crippen LogP contribution in [0.3, 0.4) is 0 Å². The molecule has 0 saturated carbocycles. The number of hydrogen-bond donors (Lipinski definition) is 0. The molecule has 0 radical (unpaired) electrons. The summed E-state index contributed by atoms with van der Waals surface area (Å²) in [6.07, 6.45) is 3.59. The van der Waals surface area contributed by atoms with Gasteiger partial charge in [-0.25, -0.2) is 0 Å². The third-order valence-electron chi connectivity index (χ3n) is 3.84. The molecule has 0 aliphatic heterocycles. The molecule has 0 N–H and O–H groups in total. The molecule has 1 aromatic heterocycles. The molecule has 0 saturated heterocycles. The zero-order valence-corrected chi connectivity index (χ0v) is 15.1. The second-order valence-corrected chi connectivity index (χ2v) is 5.60. The van der Waals surface area contributed by atoms with Crippen LogP contribution in [0.2, 0.25) is 0 Å². The number of methoxy groups -OCH3 is 3. The summed E-state index contributed by atoms with van der Waals surface area (Å²) in [7, 11) is 4.73. The van der Waals surface area contributed by atoms with E-state index in [1.165, 1.54) is 5.56 Å². The lowest BCUT2D eigenvalue weighted by molar-refractivity contribution is 0.324. The second kappa shape index (κ2) is 7.74. The fraction of sp³-hybridized carbons (Fsp3) is 0.200. The van der Waals surface area contributed by atoms with Crippen LogP contribution in [0, 0.1) is 6.92 Å². The van der Waals surface area contributed by atoms with Gasteiger partial charge in [-0.15, -0.1) is 10.2 Å². The fourth-order valence-corrected chi connectivity index (χ4v) is 2.48. The molecule has 0 fully saturated rings. The van der Waals surface area contributed by atoms with Crippen LogP contribution in [0.4, 0.5) is 0 Å². The van der Waals surface area contributed by atoms with Crippen molar-refractivity contribution in [3.8, 4) is 28.7 Å². The quantitative estimate of drug-likeness (QED) is 0.661. The highest BCUT2D eigenvalue weighted by Gasteiger charge is 2.12. The van der Waals surface area contributed by atoms with Gasteiger partial charge in [-0.1, -0.05) is 17.7 Å². The average molecular weight is 352 g/mol. The summed E-state index contributed by atoms with van der Waals surface area (Å²) in [5.41, 5.74) is 2.92. The third-order valence-corrected chi connectivity index (χ3v) is 3.84. The van der Waals surface area contributed by atoms with E-state index in [-0.39, 0.29) is 0 Å². The maximum absolute atomic E-state index is 5.69. The fourth-order valence-electron chi connectivity index (χ4n) is 2.48. The van der Waals surface area contributed by atoms with Crippen LogP contribution >= 0.6 is 0 Å². The molecule has 0 aliphatic rings. The molecule has 1 heterocycles. The van der Waals surface area contributed by atoms with E-state index in [0.717, 1.165) is 11.1 Å². The lowest BCUT2D eigenvalue weighted by Crippen LogP contribution is -1.95. The van der Waals surface area contributed by atoms with E-state index in [1.54, 1.807) is 27.4 Å². The molecule has 134 valence electrons. The minimum absolute atomic E-state index is 0.411. The van der Waals surface area contributed by atoms with Gasteiger partial charge in [0.05, 0.1) is 21.3 Å². The minimum atomic E-state index is 0.411. The van der Waals surface area contributed by atoms with Crippen molar-refractivity contribution in [2.24, 2.45) is 0 Å². The van der Waals surface area contributed by atoms with Gasteiger partial charge in [-0.3, -0.25) is 0 Å². The Morgan fingerprint density at radius 2 is 1.50 bits per heavy atom. The number of rotatable bonds is 6. The molecule has 0 unspecified atom stereocenters. The van der Waals surface area contributed by atoms with Crippen molar-refractivity contribution in [2.75, 3.05) is 21.3 Å². The summed E-state index contributed by atoms with van der Waals surface area (Å²) >= 11 is 0. The second-order valence-electron chi connectivity index (χ2n) is 5.60. The van der Waals surface area contributed by atoms with Gasteiger partial charge in [0.1, 0.15) is 0 Å². The Morgan fingerprint density at radius 3 is 2.08 bits per heavy atom. The first-order valence-electron chi connectivity index (χ1n) is 8.03. The Hall–Kier alpha value is -3.28. The van der Waals surface area contributed by atoms with Crippen molar-refractivity contribution in [3.05, 3.63) is 53.4 Å². The Bertz CT molecular complexity index is 889. The molecule has 6 nitrogen and oxygen atoms in total. The maximum atomic E-state index is 5.69. The summed E-state index contributed by atoms with van der Waals surface area (Å²) in [5.74, 6) is 2.60. The van der Waals surface area contributed by atoms with Crippen LogP contribution < -0.4 is 14.2 Å². The largest absolute Gasteiger partial charge is 0.493 e. The Morgan fingerprint density at radius 1 is 0.846 bits per heavy atom. The van der Waals surface area contributed by atoms with Gasteiger partial charge >= 0.3 is 0 Å². The SMILES string of the molecule is COc1cc(/C=C/c2nnc(-c3ccc(C)cc3)o2)cc(OC)c1OC. The molecule has 3 rings (SSSR count). The summed E-state index contributed by atoms with van der Waals surface area (Å²) in [5, 5.41) is 8.14. The summed E-state index contributed by atoms with van der Waals surface area (Å²) < 4.78 is 21.7. The van der Waals surface area contributed by atoms with E-state index >= 15 is 0 Å². The summed E-state index contributed by atoms with van der Waals surface area (Å²) in [6.45, 7) is 2.03. The van der Waals surface area contributed by atoms with E-state index in [0.29, 0.717) is 29.0 Å². The smallest absolute Gasteiger partial charge is 0.248 e. The first kappa shape index (κ1) is 17.5. The highest BCUT2D eigenvalue weighted by Crippen LogP contribution is 2.38. The van der Waals surface area contributed by atoms with Crippen molar-refractivity contribution in [2.45, 2.75) is 6.92 Å². The van der Waals surface area contributed by atoms with Crippen molar-refractivity contribution in [3.63, 3.8) is 0 Å². The van der Waals surface area contributed by atoms with Gasteiger partial charge in [0.25, 0.3) is 0 Å². The highest BCUT2D eigenvalue weighted by atomic mass is 16.5. The third kappa shape index (κ3) is 3.69. The zero-order valence-electron chi connectivity index (χ0n) is 15.1. The van der Waals surface area contributed by atoms with Gasteiger partial charge in [0.15, 0.2) is 11.5 Å². The predicted octanol–water partition coefficient (Wildman–Crippen LogP) is 4.24. The molecule has 0 atom stereocenters. The van der Waals surface area contributed by atoms with Crippen LogP contribution in [0.1, 0.15) is 17.0 Å². The number of nitrogens with zero attached hydrogens (tertiary/aromatic N) is 2. The number of hydrogen-bond acceptors (Lipinski definition) is 6. The molecule has 2 aromatic carbocycles. The van der Waals surface area contributed by atoms with Crippen LogP contribution in [0.5, 0.6) is 17.2 Å². The highest BCUT2D eigenvalue weighted by molar-refractivity contribution is 5.70. The Kier molecular flexibility index (Phi) is 5.22. The molecule has 0 aliphatic carbocycles. The van der Waals surface area contributed by atoms with Crippen molar-refractivity contribution in [1.82, 2.24) is 10.2 Å². The zero-order chi connectivity index (χ0) is 18.5. The Balaban J connectivity index is 1.85. The summed E-state index contributed by atoms with van der Waals surface area (Å²) in [4.78, 5) is 0. The van der Waals surface area contributed by atoms with E-state index in [9.17, 15) is 0 Å². The van der Waals surface area contributed by atoms with E-state index in [1.807, 2.05) is 49.4 Å². The van der Waals surface area contributed by atoms with Gasteiger partial charge < -0.3 is 18.6 Å². The van der Waals surface area contributed by atoms with Gasteiger partial charge in [0, 0.05) is 11.6 Å². The Labute approximate surface area is 152 Å². The molecule has 0 amide bonds. The molecule has 6 heteroatoms. The summed E-state index contributed by atoms with van der Waals surface area (Å²) in [6, 6.07) is 11.6. The average Bonchev–Trinajstić information content (AvgIpc) is 3.15. The molecule has 3 aromatic rings. The predicted molar refractivity (Wildman–Crippen MR) is 99.5 cm³/mol. The standard InChI is InChI=1S/C20H20N2O4/c1-13-5-8-15(9-6-13)20-22-21-18(26-20)10-7-14-11-16(23-2)19(25-4)17(12-14)24-3/h5-12H,1-4H3/b10-7+. The van der Waals surface area contributed by atoms with Gasteiger partial charge in [-0.2, -0.15) is 0 Å². The van der Waals surface area contributed by atoms with Crippen molar-refractivity contribution >= 4 is 12.2 Å². The van der Waals surface area contributed by atoms with Crippen LogP contribution in [-0.4, -0.2) is 31.5 Å². The van der Waals surface area contributed by atoms with E-state index in [4.69, 9.17) is 18.6 Å². The maximum Gasteiger partial charge on any atom is 0.248 e. The molecular formula is C20H20N2O4. The molecule has 0 bridgehead atoms. The topological polar surface area (TPSA) is 66.6 Å². The van der Waals surface area contributed by atoms with Gasteiger partial charge in [0.2, 0.25) is 17.5 Å². The number of aryl methyl sites for hydroxylation is 1. The minimum Gasteiger partial charge on any atom is -0.493 e. The van der Waals surface area contributed by atoms with Crippen LogP contribution in [-0.2, 0) is 0 Å². The molecule has 26 heavy (non-hydrogen) atoms. The number of aromatic nitrogens is 2.